The van der Waals surface area contributed by atoms with Crippen LogP contribution in [0.2, 0.25) is 0 Å². The highest BCUT2D eigenvalue weighted by molar-refractivity contribution is 7.92. The van der Waals surface area contributed by atoms with E-state index in [2.05, 4.69) is 19.7 Å². The predicted octanol–water partition coefficient (Wildman–Crippen LogP) is 3.53. The Labute approximate surface area is 169 Å². The van der Waals surface area contributed by atoms with E-state index in [4.69, 9.17) is 4.74 Å². The van der Waals surface area contributed by atoms with Crippen molar-refractivity contribution in [1.29, 1.82) is 0 Å². The van der Waals surface area contributed by atoms with Crippen molar-refractivity contribution < 1.29 is 21.9 Å². The maximum Gasteiger partial charge on any atom is 0.264 e. The molecule has 0 bridgehead atoms. The fourth-order valence-corrected chi connectivity index (χ4v) is 3.66. The summed E-state index contributed by atoms with van der Waals surface area (Å²) >= 11 is 0. The first-order chi connectivity index (χ1) is 14.4. The number of nitrogens with zero attached hydrogens (tertiary/aromatic N) is 4. The van der Waals surface area contributed by atoms with Crippen LogP contribution in [0.5, 0.6) is 11.6 Å². The molecule has 4 aromatic rings. The van der Waals surface area contributed by atoms with E-state index >= 15 is 0 Å². The van der Waals surface area contributed by atoms with Crippen LogP contribution in [0.3, 0.4) is 0 Å². The van der Waals surface area contributed by atoms with Crippen molar-refractivity contribution in [2.45, 2.75) is 4.90 Å². The number of halogens is 2. The Balaban J connectivity index is 1.49. The van der Waals surface area contributed by atoms with Crippen molar-refractivity contribution in [3.63, 3.8) is 0 Å². The lowest BCUT2D eigenvalue weighted by Gasteiger charge is -2.10. The summed E-state index contributed by atoms with van der Waals surface area (Å²) in [5.74, 6) is -0.825. The molecule has 0 aliphatic carbocycles. The number of aromatic nitrogens is 4. The summed E-state index contributed by atoms with van der Waals surface area (Å²) in [6.45, 7) is 0. The van der Waals surface area contributed by atoms with Crippen LogP contribution in [0.15, 0.2) is 78.5 Å². The smallest absolute Gasteiger partial charge is 0.264 e. The van der Waals surface area contributed by atoms with E-state index < -0.39 is 26.6 Å². The van der Waals surface area contributed by atoms with Gasteiger partial charge in [-0.25, -0.2) is 32.2 Å². The molecule has 0 aliphatic heterocycles. The van der Waals surface area contributed by atoms with Crippen molar-refractivity contribution in [2.75, 3.05) is 4.72 Å². The summed E-state index contributed by atoms with van der Waals surface area (Å²) < 4.78 is 61.0. The number of ether oxygens (including phenoxy) is 1. The van der Waals surface area contributed by atoms with Gasteiger partial charge in [0.15, 0.2) is 0 Å². The highest BCUT2D eigenvalue weighted by Gasteiger charge is 2.19. The van der Waals surface area contributed by atoms with E-state index in [1.165, 1.54) is 30.6 Å². The highest BCUT2D eigenvalue weighted by Crippen LogP contribution is 2.24. The third-order valence-corrected chi connectivity index (χ3v) is 5.32. The van der Waals surface area contributed by atoms with Crippen molar-refractivity contribution in [1.82, 2.24) is 19.5 Å². The molecule has 1 N–H and O–H groups in total. The van der Waals surface area contributed by atoms with Crippen LogP contribution < -0.4 is 9.46 Å². The molecular formula is C19H13F2N5O3S. The molecule has 30 heavy (non-hydrogen) atoms. The first-order valence-electron chi connectivity index (χ1n) is 8.47. The quantitative estimate of drug-likeness (QED) is 0.503. The molecule has 2 aromatic carbocycles. The summed E-state index contributed by atoms with van der Waals surface area (Å²) in [6, 6.07) is 9.74. The van der Waals surface area contributed by atoms with Gasteiger partial charge in [0.05, 0.1) is 0 Å². The van der Waals surface area contributed by atoms with Crippen LogP contribution in [0.1, 0.15) is 0 Å². The Bertz CT molecular complexity index is 1280. The van der Waals surface area contributed by atoms with Crippen LogP contribution >= 0.6 is 0 Å². The van der Waals surface area contributed by atoms with Crippen molar-refractivity contribution in [3.8, 4) is 17.4 Å². The SMILES string of the molecule is O=S(=O)(Nc1ccc(Oc2cc(-n3ccnc3)ncn2)cc1)c1ccc(F)cc1F. The van der Waals surface area contributed by atoms with Crippen molar-refractivity contribution in [2.24, 2.45) is 0 Å². The number of rotatable bonds is 6. The molecule has 0 aliphatic rings. The fraction of sp³-hybridized carbons (Fsp3) is 0. The van der Waals surface area contributed by atoms with Gasteiger partial charge in [0.2, 0.25) is 5.88 Å². The zero-order valence-electron chi connectivity index (χ0n) is 15.1. The molecule has 8 nitrogen and oxygen atoms in total. The normalized spacial score (nSPS) is 11.3. The average molecular weight is 429 g/mol. The summed E-state index contributed by atoms with van der Waals surface area (Å²) in [6.07, 6.45) is 6.25. The topological polar surface area (TPSA) is 99.0 Å². The van der Waals surface area contributed by atoms with Gasteiger partial charge in [-0.3, -0.25) is 9.29 Å². The molecule has 0 fully saturated rings. The average Bonchev–Trinajstić information content (AvgIpc) is 3.24. The highest BCUT2D eigenvalue weighted by atomic mass is 32.2. The zero-order chi connectivity index (χ0) is 21.1. The number of benzene rings is 2. The second-order valence-corrected chi connectivity index (χ2v) is 7.64. The Morgan fingerprint density at radius 1 is 1.00 bits per heavy atom. The number of hydrogen-bond donors (Lipinski definition) is 1. The van der Waals surface area contributed by atoms with E-state index in [0.29, 0.717) is 17.6 Å². The molecule has 0 unspecified atom stereocenters. The monoisotopic (exact) mass is 429 g/mol. The summed E-state index contributed by atoms with van der Waals surface area (Å²) in [7, 11) is -4.22. The van der Waals surface area contributed by atoms with Crippen LogP contribution in [-0.2, 0) is 10.0 Å². The molecule has 0 saturated heterocycles. The lowest BCUT2D eigenvalue weighted by molar-refractivity contribution is 0.461. The van der Waals surface area contributed by atoms with E-state index in [0.717, 1.165) is 12.1 Å². The van der Waals surface area contributed by atoms with Crippen LogP contribution in [0, 0.1) is 11.6 Å². The number of sulfonamides is 1. The molecule has 152 valence electrons. The van der Waals surface area contributed by atoms with Gasteiger partial charge < -0.3 is 4.74 Å². The van der Waals surface area contributed by atoms with Gasteiger partial charge in [-0.15, -0.1) is 0 Å². The molecule has 0 spiro atoms. The van der Waals surface area contributed by atoms with Gasteiger partial charge in [-0.2, -0.15) is 0 Å². The van der Waals surface area contributed by atoms with Crippen molar-refractivity contribution >= 4 is 15.7 Å². The van der Waals surface area contributed by atoms with Gasteiger partial charge in [0.25, 0.3) is 10.0 Å². The molecular weight excluding hydrogens is 416 g/mol. The Kier molecular flexibility index (Phi) is 5.11. The standard InChI is InChI=1S/C19H13F2N5O3S/c20-13-1-6-17(16(21)9-13)30(27,28)25-14-2-4-15(5-3-14)29-19-10-18(23-11-24-19)26-8-7-22-12-26/h1-12,25H. The minimum Gasteiger partial charge on any atom is -0.439 e. The van der Waals surface area contributed by atoms with E-state index in [-0.39, 0.29) is 11.6 Å². The van der Waals surface area contributed by atoms with E-state index in [9.17, 15) is 17.2 Å². The molecule has 4 rings (SSSR count). The van der Waals surface area contributed by atoms with Crippen LogP contribution in [-0.4, -0.2) is 27.9 Å². The van der Waals surface area contributed by atoms with Gasteiger partial charge in [-0.1, -0.05) is 0 Å². The van der Waals surface area contributed by atoms with E-state index in [1.807, 2.05) is 0 Å². The largest absolute Gasteiger partial charge is 0.439 e. The van der Waals surface area contributed by atoms with Gasteiger partial charge in [0.1, 0.15) is 40.8 Å². The zero-order valence-corrected chi connectivity index (χ0v) is 15.9. The first kappa shape index (κ1) is 19.5. The fourth-order valence-electron chi connectivity index (χ4n) is 2.54. The molecule has 0 saturated carbocycles. The third-order valence-electron chi connectivity index (χ3n) is 3.91. The third kappa shape index (κ3) is 4.25. The lowest BCUT2D eigenvalue weighted by atomic mass is 10.3. The van der Waals surface area contributed by atoms with Gasteiger partial charge in [0, 0.05) is 30.2 Å². The first-order valence-corrected chi connectivity index (χ1v) is 9.95. The maximum atomic E-state index is 13.8. The van der Waals surface area contributed by atoms with Crippen molar-refractivity contribution in [3.05, 3.63) is 85.2 Å². The predicted molar refractivity (Wildman–Crippen MR) is 103 cm³/mol. The summed E-state index contributed by atoms with van der Waals surface area (Å²) in [4.78, 5) is 11.4. The molecule has 0 amide bonds. The van der Waals surface area contributed by atoms with Gasteiger partial charge >= 0.3 is 0 Å². The Morgan fingerprint density at radius 2 is 1.80 bits per heavy atom. The maximum absolute atomic E-state index is 13.8. The molecule has 0 radical (unpaired) electrons. The number of anilines is 1. The second-order valence-electron chi connectivity index (χ2n) is 5.99. The van der Waals surface area contributed by atoms with Crippen LogP contribution in [0.25, 0.3) is 5.82 Å². The molecule has 0 atom stereocenters. The summed E-state index contributed by atoms with van der Waals surface area (Å²) in [5, 5.41) is 0. The Morgan fingerprint density at radius 3 is 2.50 bits per heavy atom. The molecule has 11 heteroatoms. The summed E-state index contributed by atoms with van der Waals surface area (Å²) in [5.41, 5.74) is 0.174. The minimum atomic E-state index is -4.22. The second kappa shape index (κ2) is 7.87. The molecule has 2 aromatic heterocycles. The number of imidazole rings is 1. The molecule has 2 heterocycles. The van der Waals surface area contributed by atoms with E-state index in [1.54, 1.807) is 29.4 Å². The number of hydrogen-bond acceptors (Lipinski definition) is 6. The Hall–Kier alpha value is -3.86. The minimum absolute atomic E-state index is 0.174. The van der Waals surface area contributed by atoms with Crippen LogP contribution in [0.4, 0.5) is 14.5 Å². The lowest BCUT2D eigenvalue weighted by Crippen LogP contribution is -2.14. The number of nitrogens with one attached hydrogen (secondary N) is 1. The van der Waals surface area contributed by atoms with Gasteiger partial charge in [-0.05, 0) is 36.4 Å².